The van der Waals surface area contributed by atoms with Gasteiger partial charge in [-0.15, -0.1) is 0 Å². The average Bonchev–Trinajstić information content (AvgIpc) is 2.89. The predicted octanol–water partition coefficient (Wildman–Crippen LogP) is 2.52. The van der Waals surface area contributed by atoms with Gasteiger partial charge in [0.15, 0.2) is 6.23 Å². The summed E-state index contributed by atoms with van der Waals surface area (Å²) in [5, 5.41) is 31.2. The van der Waals surface area contributed by atoms with Crippen LogP contribution in [-0.4, -0.2) is 44.8 Å². The van der Waals surface area contributed by atoms with E-state index in [1.165, 1.54) is 0 Å². The van der Waals surface area contributed by atoms with Crippen molar-refractivity contribution in [1.82, 2.24) is 4.57 Å². The lowest BCUT2D eigenvalue weighted by atomic mass is 10.1. The van der Waals surface area contributed by atoms with Crippen LogP contribution in [0.15, 0.2) is 12.1 Å². The van der Waals surface area contributed by atoms with Crippen molar-refractivity contribution in [1.29, 1.82) is 0 Å². The highest BCUT2D eigenvalue weighted by atomic mass is 35.5. The van der Waals surface area contributed by atoms with Gasteiger partial charge in [-0.05, 0) is 24.6 Å². The molecule has 8 heteroatoms. The fourth-order valence-corrected chi connectivity index (χ4v) is 3.39. The van der Waals surface area contributed by atoms with Crippen LogP contribution < -0.4 is 0 Å². The van der Waals surface area contributed by atoms with Crippen molar-refractivity contribution >= 4 is 45.7 Å². The van der Waals surface area contributed by atoms with Gasteiger partial charge in [-0.25, -0.2) is 0 Å². The fraction of sp³-hybridized carbons (Fsp3) is 0.429. The molecule has 3 N–H and O–H groups in total. The summed E-state index contributed by atoms with van der Waals surface area (Å²) in [7, 11) is 0. The predicted molar refractivity (Wildman–Crippen MR) is 84.7 cm³/mol. The molecule has 1 aliphatic heterocycles. The lowest BCUT2D eigenvalue weighted by molar-refractivity contribution is -0.0505. The fourth-order valence-electron chi connectivity index (χ4n) is 2.78. The van der Waals surface area contributed by atoms with E-state index in [4.69, 9.17) is 39.5 Å². The third-order valence-electron chi connectivity index (χ3n) is 3.99. The van der Waals surface area contributed by atoms with E-state index in [-0.39, 0.29) is 0 Å². The smallest absolute Gasteiger partial charge is 0.164 e. The Balaban J connectivity index is 2.19. The minimum atomic E-state index is -1.22. The van der Waals surface area contributed by atoms with Crippen molar-refractivity contribution in [2.24, 2.45) is 0 Å². The number of aromatic nitrogens is 1. The third kappa shape index (κ3) is 2.32. The summed E-state index contributed by atoms with van der Waals surface area (Å²) >= 11 is 18.5. The molecule has 0 bridgehead atoms. The van der Waals surface area contributed by atoms with Crippen LogP contribution in [0.5, 0.6) is 0 Å². The largest absolute Gasteiger partial charge is 0.394 e. The molecule has 1 aromatic carbocycles. The van der Waals surface area contributed by atoms with E-state index >= 15 is 0 Å². The second-order valence-electron chi connectivity index (χ2n) is 5.30. The van der Waals surface area contributed by atoms with E-state index in [2.05, 4.69) is 0 Å². The molecule has 0 amide bonds. The SMILES string of the molecule is Cc1c(Cl)n([C@@H]2O[C@H](CO)[C@@H](O)[C@H]2O)c2cc(Cl)c(Cl)cc12. The van der Waals surface area contributed by atoms with Crippen LogP contribution in [-0.2, 0) is 4.74 Å². The highest BCUT2D eigenvalue weighted by Crippen LogP contribution is 2.40. The van der Waals surface area contributed by atoms with Gasteiger partial charge in [0.2, 0.25) is 0 Å². The molecule has 22 heavy (non-hydrogen) atoms. The van der Waals surface area contributed by atoms with E-state index in [0.717, 1.165) is 10.9 Å². The second-order valence-corrected chi connectivity index (χ2v) is 6.47. The molecule has 2 heterocycles. The topological polar surface area (TPSA) is 74.9 Å². The van der Waals surface area contributed by atoms with E-state index < -0.39 is 31.1 Å². The number of fused-ring (bicyclic) bond motifs is 1. The molecule has 1 aliphatic rings. The zero-order valence-corrected chi connectivity index (χ0v) is 13.8. The summed E-state index contributed by atoms with van der Waals surface area (Å²) in [6.07, 6.45) is -4.23. The number of ether oxygens (including phenoxy) is 1. The van der Waals surface area contributed by atoms with Crippen LogP contribution in [0, 0.1) is 6.92 Å². The first-order chi connectivity index (χ1) is 10.4. The summed E-state index contributed by atoms with van der Waals surface area (Å²) in [6.45, 7) is 1.41. The molecule has 3 rings (SSSR count). The Morgan fingerprint density at radius 2 is 1.77 bits per heavy atom. The molecule has 0 saturated carbocycles. The normalized spacial score (nSPS) is 28.7. The van der Waals surface area contributed by atoms with Crippen LogP contribution in [0.25, 0.3) is 10.9 Å². The van der Waals surface area contributed by atoms with Crippen LogP contribution in [0.4, 0.5) is 0 Å². The number of halogens is 3. The van der Waals surface area contributed by atoms with Gasteiger partial charge in [0, 0.05) is 5.39 Å². The van der Waals surface area contributed by atoms with Crippen molar-refractivity contribution in [3.8, 4) is 0 Å². The number of hydrogen-bond acceptors (Lipinski definition) is 4. The minimum Gasteiger partial charge on any atom is -0.394 e. The number of aliphatic hydroxyl groups is 3. The quantitative estimate of drug-likeness (QED) is 0.763. The average molecular weight is 367 g/mol. The molecule has 2 aromatic rings. The molecule has 1 saturated heterocycles. The van der Waals surface area contributed by atoms with Gasteiger partial charge in [0.25, 0.3) is 0 Å². The monoisotopic (exact) mass is 365 g/mol. The highest BCUT2D eigenvalue weighted by Gasteiger charge is 2.44. The molecule has 120 valence electrons. The molecule has 0 spiro atoms. The molecule has 1 aromatic heterocycles. The van der Waals surface area contributed by atoms with Crippen LogP contribution >= 0.6 is 34.8 Å². The number of benzene rings is 1. The first-order valence-electron chi connectivity index (χ1n) is 6.64. The van der Waals surface area contributed by atoms with E-state index in [1.807, 2.05) is 6.92 Å². The van der Waals surface area contributed by atoms with Crippen LogP contribution in [0.1, 0.15) is 11.8 Å². The first kappa shape index (κ1) is 16.3. The lowest BCUT2D eigenvalue weighted by Gasteiger charge is -2.19. The molecule has 1 fully saturated rings. The number of hydrogen-bond donors (Lipinski definition) is 3. The van der Waals surface area contributed by atoms with Crippen molar-refractivity contribution in [2.75, 3.05) is 6.61 Å². The first-order valence-corrected chi connectivity index (χ1v) is 7.77. The Morgan fingerprint density at radius 1 is 1.14 bits per heavy atom. The highest BCUT2D eigenvalue weighted by molar-refractivity contribution is 6.43. The van der Waals surface area contributed by atoms with Crippen molar-refractivity contribution in [3.63, 3.8) is 0 Å². The Morgan fingerprint density at radius 3 is 2.36 bits per heavy atom. The summed E-state index contributed by atoms with van der Waals surface area (Å²) < 4.78 is 7.10. The van der Waals surface area contributed by atoms with Gasteiger partial charge < -0.3 is 24.6 Å². The summed E-state index contributed by atoms with van der Waals surface area (Å²) in [5.74, 6) is 0. The van der Waals surface area contributed by atoms with Crippen LogP contribution in [0.3, 0.4) is 0 Å². The van der Waals surface area contributed by atoms with E-state index in [9.17, 15) is 15.3 Å². The molecule has 0 aliphatic carbocycles. The van der Waals surface area contributed by atoms with Crippen molar-refractivity contribution in [3.05, 3.63) is 32.9 Å². The minimum absolute atomic E-state index is 0.344. The van der Waals surface area contributed by atoms with Gasteiger partial charge in [0.05, 0.1) is 22.2 Å². The second kappa shape index (κ2) is 5.83. The van der Waals surface area contributed by atoms with Crippen molar-refractivity contribution in [2.45, 2.75) is 31.5 Å². The number of aryl methyl sites for hydroxylation is 1. The molecule has 5 nitrogen and oxygen atoms in total. The zero-order chi connectivity index (χ0) is 16.2. The van der Waals surface area contributed by atoms with E-state index in [0.29, 0.717) is 20.7 Å². The van der Waals surface area contributed by atoms with E-state index in [1.54, 1.807) is 16.7 Å². The number of aliphatic hydroxyl groups excluding tert-OH is 3. The third-order valence-corrected chi connectivity index (χ3v) is 5.18. The standard InChI is InChI=1S/C14H14Cl3NO4/c1-5-6-2-7(15)8(16)3-9(6)18(13(5)17)14-12(21)11(20)10(4-19)22-14/h2-3,10-12,14,19-21H,4H2,1H3/t10-,11-,12-,14-/m1/s1. The Kier molecular flexibility index (Phi) is 4.33. The zero-order valence-electron chi connectivity index (χ0n) is 11.5. The van der Waals surface area contributed by atoms with Crippen molar-refractivity contribution < 1.29 is 20.1 Å². The Bertz CT molecular complexity index is 733. The maximum absolute atomic E-state index is 10.2. The lowest BCUT2D eigenvalue weighted by Crippen LogP contribution is -2.33. The van der Waals surface area contributed by atoms with Gasteiger partial charge in [-0.1, -0.05) is 34.8 Å². The Labute approximate surface area is 141 Å². The maximum Gasteiger partial charge on any atom is 0.164 e. The van der Waals surface area contributed by atoms with Gasteiger partial charge in [0.1, 0.15) is 23.5 Å². The molecular formula is C14H14Cl3NO4. The molecular weight excluding hydrogens is 353 g/mol. The molecule has 0 unspecified atom stereocenters. The number of nitrogens with zero attached hydrogens (tertiary/aromatic N) is 1. The Hall–Kier alpha value is -0.530. The maximum atomic E-state index is 10.2. The van der Waals surface area contributed by atoms with Gasteiger partial charge in [-0.2, -0.15) is 0 Å². The molecule has 4 atom stereocenters. The summed E-state index contributed by atoms with van der Waals surface area (Å²) in [5.41, 5.74) is 1.39. The van der Waals surface area contributed by atoms with Gasteiger partial charge in [-0.3, -0.25) is 0 Å². The summed E-state index contributed by atoms with van der Waals surface area (Å²) in [6, 6.07) is 3.32. The summed E-state index contributed by atoms with van der Waals surface area (Å²) in [4.78, 5) is 0. The van der Waals surface area contributed by atoms with Gasteiger partial charge >= 0.3 is 0 Å². The number of rotatable bonds is 2. The van der Waals surface area contributed by atoms with Crippen LogP contribution in [0.2, 0.25) is 15.2 Å². The molecule has 0 radical (unpaired) electrons.